The van der Waals surface area contributed by atoms with Crippen LogP contribution in [0.1, 0.15) is 16.1 Å². The Hall–Kier alpha value is -2.01. The van der Waals surface area contributed by atoms with E-state index in [0.717, 1.165) is 5.56 Å². The molecule has 0 atom stereocenters. The fourth-order valence-electron chi connectivity index (χ4n) is 2.30. The predicted octanol–water partition coefficient (Wildman–Crippen LogP) is 5.26. The molecule has 1 heterocycles. The minimum atomic E-state index is -1.07. The van der Waals surface area contributed by atoms with Crippen molar-refractivity contribution in [1.82, 2.24) is 9.78 Å². The summed E-state index contributed by atoms with van der Waals surface area (Å²) in [7, 11) is 0. The lowest BCUT2D eigenvalue weighted by Gasteiger charge is -2.07. The Morgan fingerprint density at radius 3 is 2.33 bits per heavy atom. The summed E-state index contributed by atoms with van der Waals surface area (Å²) in [5.41, 5.74) is 2.08. The zero-order valence-electron chi connectivity index (χ0n) is 12.2. The van der Waals surface area contributed by atoms with Gasteiger partial charge in [-0.2, -0.15) is 5.10 Å². The molecule has 0 aliphatic heterocycles. The van der Waals surface area contributed by atoms with Crippen molar-refractivity contribution < 1.29 is 9.90 Å². The van der Waals surface area contributed by atoms with Gasteiger partial charge in [0.05, 0.1) is 12.2 Å². The van der Waals surface area contributed by atoms with Crippen LogP contribution in [0.2, 0.25) is 15.1 Å². The zero-order valence-corrected chi connectivity index (χ0v) is 14.5. The van der Waals surface area contributed by atoms with Crippen LogP contribution in [0.5, 0.6) is 0 Å². The Morgan fingerprint density at radius 2 is 1.67 bits per heavy atom. The molecule has 0 saturated heterocycles. The van der Waals surface area contributed by atoms with E-state index < -0.39 is 5.97 Å². The molecule has 24 heavy (non-hydrogen) atoms. The second kappa shape index (κ2) is 6.85. The summed E-state index contributed by atoms with van der Waals surface area (Å²) in [6.45, 7) is 0.203. The van der Waals surface area contributed by atoms with Crippen LogP contribution in [0, 0.1) is 0 Å². The van der Waals surface area contributed by atoms with E-state index in [4.69, 9.17) is 34.8 Å². The second-order valence-electron chi connectivity index (χ2n) is 5.12. The summed E-state index contributed by atoms with van der Waals surface area (Å²) in [5.74, 6) is -1.07. The number of aromatic carboxylic acids is 1. The number of carbonyl (C=O) groups is 1. The van der Waals surface area contributed by atoms with Gasteiger partial charge in [0.15, 0.2) is 0 Å². The number of nitrogens with zero attached hydrogens (tertiary/aromatic N) is 2. The lowest BCUT2D eigenvalue weighted by atomic mass is 10.1. The van der Waals surface area contributed by atoms with Crippen LogP contribution in [-0.2, 0) is 6.54 Å². The monoisotopic (exact) mass is 380 g/mol. The van der Waals surface area contributed by atoms with Crippen LogP contribution in [-0.4, -0.2) is 20.9 Å². The smallest absolute Gasteiger partial charge is 0.354 e. The SMILES string of the molecule is O=C(O)c1cc(-c2ccc(Cl)cc2)nn1Cc1cc(Cl)ccc1Cl. The van der Waals surface area contributed by atoms with E-state index in [0.29, 0.717) is 26.3 Å². The van der Waals surface area contributed by atoms with Crippen LogP contribution >= 0.6 is 34.8 Å². The van der Waals surface area contributed by atoms with Crippen LogP contribution < -0.4 is 0 Å². The first-order chi connectivity index (χ1) is 11.4. The minimum absolute atomic E-state index is 0.0657. The van der Waals surface area contributed by atoms with Gasteiger partial charge in [-0.15, -0.1) is 0 Å². The lowest BCUT2D eigenvalue weighted by Crippen LogP contribution is -2.11. The molecule has 122 valence electrons. The standard InChI is InChI=1S/C17H11Cl3N2O2/c18-12-3-1-10(2-4-12)15-8-16(17(23)24)22(21-15)9-11-7-13(19)5-6-14(11)20/h1-8H,9H2,(H,23,24). The number of carboxylic acids is 1. The van der Waals surface area contributed by atoms with Gasteiger partial charge in [0, 0.05) is 20.6 Å². The maximum Gasteiger partial charge on any atom is 0.354 e. The van der Waals surface area contributed by atoms with Gasteiger partial charge in [-0.25, -0.2) is 4.79 Å². The van der Waals surface area contributed by atoms with Crippen LogP contribution in [0.4, 0.5) is 0 Å². The van der Waals surface area contributed by atoms with Crippen LogP contribution in [0.3, 0.4) is 0 Å². The van der Waals surface area contributed by atoms with Gasteiger partial charge in [-0.1, -0.05) is 46.9 Å². The van der Waals surface area contributed by atoms with Crippen molar-refractivity contribution >= 4 is 40.8 Å². The first-order valence-electron chi connectivity index (χ1n) is 6.95. The normalized spacial score (nSPS) is 10.8. The van der Waals surface area contributed by atoms with Gasteiger partial charge in [-0.3, -0.25) is 4.68 Å². The summed E-state index contributed by atoms with van der Waals surface area (Å²) < 4.78 is 1.39. The number of hydrogen-bond acceptors (Lipinski definition) is 2. The van der Waals surface area contributed by atoms with E-state index in [1.807, 2.05) is 0 Å². The van der Waals surface area contributed by atoms with E-state index in [1.54, 1.807) is 42.5 Å². The molecule has 7 heteroatoms. The summed E-state index contributed by atoms with van der Waals surface area (Å²) in [4.78, 5) is 11.5. The second-order valence-corrected chi connectivity index (χ2v) is 6.40. The van der Waals surface area contributed by atoms with Gasteiger partial charge < -0.3 is 5.11 Å². The van der Waals surface area contributed by atoms with E-state index >= 15 is 0 Å². The topological polar surface area (TPSA) is 55.1 Å². The third-order valence-electron chi connectivity index (χ3n) is 3.47. The fraction of sp³-hybridized carbons (Fsp3) is 0.0588. The maximum absolute atomic E-state index is 11.5. The zero-order chi connectivity index (χ0) is 17.3. The third-order valence-corrected chi connectivity index (χ3v) is 4.32. The summed E-state index contributed by atoms with van der Waals surface area (Å²) in [6, 6.07) is 13.6. The molecule has 0 radical (unpaired) electrons. The molecular formula is C17H11Cl3N2O2. The van der Waals surface area contributed by atoms with Gasteiger partial charge in [-0.05, 0) is 42.0 Å². The molecule has 0 aliphatic rings. The third kappa shape index (κ3) is 3.56. The Labute approximate surface area is 153 Å². The van der Waals surface area contributed by atoms with E-state index in [1.165, 1.54) is 10.7 Å². The first kappa shape index (κ1) is 16.8. The molecule has 0 spiro atoms. The molecule has 4 nitrogen and oxygen atoms in total. The molecular weight excluding hydrogens is 371 g/mol. The molecule has 1 aromatic heterocycles. The average molecular weight is 382 g/mol. The molecule has 0 fully saturated rings. The van der Waals surface area contributed by atoms with Gasteiger partial charge >= 0.3 is 5.97 Å². The van der Waals surface area contributed by atoms with Crippen molar-refractivity contribution in [2.75, 3.05) is 0 Å². The number of aromatic nitrogens is 2. The number of halogens is 3. The molecule has 0 aliphatic carbocycles. The number of hydrogen-bond donors (Lipinski definition) is 1. The molecule has 3 aromatic rings. The highest BCUT2D eigenvalue weighted by Gasteiger charge is 2.16. The van der Waals surface area contributed by atoms with Crippen LogP contribution in [0.25, 0.3) is 11.3 Å². The molecule has 0 unspecified atom stereocenters. The highest BCUT2D eigenvalue weighted by Crippen LogP contribution is 2.25. The van der Waals surface area contributed by atoms with Crippen molar-refractivity contribution in [3.63, 3.8) is 0 Å². The Balaban J connectivity index is 2.02. The Kier molecular flexibility index (Phi) is 4.81. The van der Waals surface area contributed by atoms with Gasteiger partial charge in [0.1, 0.15) is 5.69 Å². The minimum Gasteiger partial charge on any atom is -0.477 e. The van der Waals surface area contributed by atoms with Crippen molar-refractivity contribution in [3.8, 4) is 11.3 Å². The fourth-order valence-corrected chi connectivity index (χ4v) is 2.80. The molecule has 3 rings (SSSR count). The van der Waals surface area contributed by atoms with E-state index in [2.05, 4.69) is 5.10 Å². The van der Waals surface area contributed by atoms with Gasteiger partial charge in [0.25, 0.3) is 0 Å². The highest BCUT2D eigenvalue weighted by molar-refractivity contribution is 6.33. The van der Waals surface area contributed by atoms with E-state index in [-0.39, 0.29) is 12.2 Å². The molecule has 1 N–H and O–H groups in total. The average Bonchev–Trinajstić information content (AvgIpc) is 2.96. The van der Waals surface area contributed by atoms with Crippen molar-refractivity contribution in [3.05, 3.63) is 74.9 Å². The predicted molar refractivity (Wildman–Crippen MR) is 95.2 cm³/mol. The molecule has 0 amide bonds. The summed E-state index contributed by atoms with van der Waals surface area (Å²) in [6.07, 6.45) is 0. The molecule has 2 aromatic carbocycles. The summed E-state index contributed by atoms with van der Waals surface area (Å²) >= 11 is 18.0. The van der Waals surface area contributed by atoms with Crippen molar-refractivity contribution in [2.24, 2.45) is 0 Å². The summed E-state index contributed by atoms with van der Waals surface area (Å²) in [5, 5.41) is 15.4. The molecule has 0 saturated carbocycles. The number of carboxylic acid groups (broad SMARTS) is 1. The Morgan fingerprint density at radius 1 is 1.00 bits per heavy atom. The lowest BCUT2D eigenvalue weighted by molar-refractivity contribution is 0.0684. The van der Waals surface area contributed by atoms with Crippen LogP contribution in [0.15, 0.2) is 48.5 Å². The quantitative estimate of drug-likeness (QED) is 0.671. The first-order valence-corrected chi connectivity index (χ1v) is 8.08. The Bertz CT molecular complexity index is 905. The highest BCUT2D eigenvalue weighted by atomic mass is 35.5. The number of rotatable bonds is 4. The van der Waals surface area contributed by atoms with Gasteiger partial charge in [0.2, 0.25) is 0 Å². The molecule has 0 bridgehead atoms. The van der Waals surface area contributed by atoms with E-state index in [9.17, 15) is 9.90 Å². The maximum atomic E-state index is 11.5. The van der Waals surface area contributed by atoms with Crippen molar-refractivity contribution in [1.29, 1.82) is 0 Å². The van der Waals surface area contributed by atoms with Crippen molar-refractivity contribution in [2.45, 2.75) is 6.54 Å². The largest absolute Gasteiger partial charge is 0.477 e. The number of benzene rings is 2.